The van der Waals surface area contributed by atoms with E-state index in [0.717, 1.165) is 45.2 Å². The third kappa shape index (κ3) is 6.58. The number of nitrogens with two attached hydrogens (primary N) is 1. The standard InChI is InChI=1S/C17H29N7.HI/c18-16(22-15-5-2-1-3-6-15)19-9-10-23-11-13-24(14-12-23)17-20-7-4-8-21-17;/h4,7-8,15H,1-3,5-6,9-14H2,(H3,18,19,22);1H. The Morgan fingerprint density at radius 3 is 2.48 bits per heavy atom. The predicted octanol–water partition coefficient (Wildman–Crippen LogP) is 1.45. The number of rotatable bonds is 5. The quantitative estimate of drug-likeness (QED) is 0.394. The van der Waals surface area contributed by atoms with Gasteiger partial charge in [-0.25, -0.2) is 9.97 Å². The molecule has 1 aromatic heterocycles. The number of halogens is 1. The fourth-order valence-corrected chi connectivity index (χ4v) is 3.44. The molecule has 0 spiro atoms. The summed E-state index contributed by atoms with van der Waals surface area (Å²) < 4.78 is 0. The molecular formula is C17H30IN7. The highest BCUT2D eigenvalue weighted by molar-refractivity contribution is 14.0. The van der Waals surface area contributed by atoms with Gasteiger partial charge in [-0.15, -0.1) is 24.0 Å². The number of nitrogens with zero attached hydrogens (tertiary/aromatic N) is 5. The van der Waals surface area contributed by atoms with Gasteiger partial charge in [-0.3, -0.25) is 9.89 Å². The molecule has 1 saturated heterocycles. The van der Waals surface area contributed by atoms with Crippen molar-refractivity contribution < 1.29 is 0 Å². The molecule has 0 bridgehead atoms. The first-order valence-electron chi connectivity index (χ1n) is 9.12. The Morgan fingerprint density at radius 2 is 1.80 bits per heavy atom. The van der Waals surface area contributed by atoms with Gasteiger partial charge in [0.2, 0.25) is 5.95 Å². The summed E-state index contributed by atoms with van der Waals surface area (Å²) in [7, 11) is 0. The van der Waals surface area contributed by atoms with E-state index in [4.69, 9.17) is 5.73 Å². The maximum atomic E-state index is 6.01. The molecule has 1 saturated carbocycles. The zero-order valence-electron chi connectivity index (χ0n) is 14.8. The van der Waals surface area contributed by atoms with Crippen LogP contribution in [-0.2, 0) is 0 Å². The van der Waals surface area contributed by atoms with E-state index in [0.29, 0.717) is 12.0 Å². The highest BCUT2D eigenvalue weighted by atomic mass is 127. The molecule has 0 radical (unpaired) electrons. The second-order valence-corrected chi connectivity index (χ2v) is 6.62. The van der Waals surface area contributed by atoms with E-state index in [1.807, 2.05) is 6.07 Å². The summed E-state index contributed by atoms with van der Waals surface area (Å²) in [6.45, 7) is 5.67. The van der Waals surface area contributed by atoms with Crippen LogP contribution in [-0.4, -0.2) is 66.1 Å². The Labute approximate surface area is 167 Å². The van der Waals surface area contributed by atoms with Crippen LogP contribution in [0.15, 0.2) is 23.5 Å². The van der Waals surface area contributed by atoms with Crippen molar-refractivity contribution in [1.82, 2.24) is 20.2 Å². The summed E-state index contributed by atoms with van der Waals surface area (Å²) in [5, 5.41) is 3.37. The lowest BCUT2D eigenvalue weighted by Crippen LogP contribution is -2.48. The van der Waals surface area contributed by atoms with Crippen molar-refractivity contribution in [2.24, 2.45) is 10.7 Å². The van der Waals surface area contributed by atoms with E-state index in [1.54, 1.807) is 12.4 Å². The van der Waals surface area contributed by atoms with Gasteiger partial charge in [0.05, 0.1) is 6.54 Å². The van der Waals surface area contributed by atoms with Crippen LogP contribution in [0.4, 0.5) is 5.95 Å². The number of aromatic nitrogens is 2. The third-order valence-electron chi connectivity index (χ3n) is 4.86. The molecule has 2 heterocycles. The van der Waals surface area contributed by atoms with Crippen molar-refractivity contribution in [1.29, 1.82) is 0 Å². The minimum absolute atomic E-state index is 0. The fourth-order valence-electron chi connectivity index (χ4n) is 3.44. The Bertz CT molecular complexity index is 511. The molecule has 1 aromatic rings. The molecule has 0 atom stereocenters. The summed E-state index contributed by atoms with van der Waals surface area (Å²) in [5.41, 5.74) is 6.01. The summed E-state index contributed by atoms with van der Waals surface area (Å²) in [5.74, 6) is 1.44. The van der Waals surface area contributed by atoms with Crippen molar-refractivity contribution >= 4 is 35.9 Å². The first kappa shape index (κ1) is 20.2. The van der Waals surface area contributed by atoms with E-state index >= 15 is 0 Å². The summed E-state index contributed by atoms with van der Waals surface area (Å²) in [6, 6.07) is 2.38. The van der Waals surface area contributed by atoms with Gasteiger partial charge in [0, 0.05) is 51.2 Å². The van der Waals surface area contributed by atoms with Gasteiger partial charge in [-0.2, -0.15) is 0 Å². The lowest BCUT2D eigenvalue weighted by Gasteiger charge is -2.34. The minimum Gasteiger partial charge on any atom is -0.370 e. The Kier molecular flexibility index (Phi) is 8.66. The maximum Gasteiger partial charge on any atom is 0.225 e. The maximum absolute atomic E-state index is 6.01. The predicted molar refractivity (Wildman–Crippen MR) is 113 cm³/mol. The summed E-state index contributed by atoms with van der Waals surface area (Å²) in [6.07, 6.45) is 10.0. The second kappa shape index (κ2) is 10.7. The van der Waals surface area contributed by atoms with Crippen LogP contribution in [0.1, 0.15) is 32.1 Å². The number of anilines is 1. The van der Waals surface area contributed by atoms with Crippen LogP contribution < -0.4 is 16.0 Å². The Balaban J connectivity index is 0.00000225. The Morgan fingerprint density at radius 1 is 1.12 bits per heavy atom. The summed E-state index contributed by atoms with van der Waals surface area (Å²) in [4.78, 5) is 17.8. The highest BCUT2D eigenvalue weighted by Gasteiger charge is 2.18. The molecule has 0 amide bonds. The first-order valence-corrected chi connectivity index (χ1v) is 9.12. The molecule has 140 valence electrons. The van der Waals surface area contributed by atoms with Crippen LogP contribution >= 0.6 is 24.0 Å². The summed E-state index contributed by atoms with van der Waals surface area (Å²) >= 11 is 0. The van der Waals surface area contributed by atoms with Crippen LogP contribution in [0.5, 0.6) is 0 Å². The van der Waals surface area contributed by atoms with Crippen LogP contribution in [0, 0.1) is 0 Å². The molecule has 1 aliphatic carbocycles. The molecule has 25 heavy (non-hydrogen) atoms. The second-order valence-electron chi connectivity index (χ2n) is 6.62. The Hall–Kier alpha value is -1.16. The van der Waals surface area contributed by atoms with Crippen LogP contribution in [0.25, 0.3) is 0 Å². The van der Waals surface area contributed by atoms with Gasteiger partial charge in [-0.1, -0.05) is 19.3 Å². The highest BCUT2D eigenvalue weighted by Crippen LogP contribution is 2.17. The van der Waals surface area contributed by atoms with Crippen molar-refractivity contribution in [2.45, 2.75) is 38.1 Å². The van der Waals surface area contributed by atoms with Crippen LogP contribution in [0.2, 0.25) is 0 Å². The number of hydrogen-bond acceptors (Lipinski definition) is 5. The van der Waals surface area contributed by atoms with Crippen molar-refractivity contribution in [3.63, 3.8) is 0 Å². The van der Waals surface area contributed by atoms with Crippen molar-refractivity contribution in [3.05, 3.63) is 18.5 Å². The smallest absolute Gasteiger partial charge is 0.225 e. The molecular weight excluding hydrogens is 429 g/mol. The monoisotopic (exact) mass is 459 g/mol. The largest absolute Gasteiger partial charge is 0.370 e. The first-order chi connectivity index (χ1) is 11.8. The SMILES string of the molecule is I.NC(=NCCN1CCN(c2ncccn2)CC1)NC1CCCCC1. The third-order valence-corrected chi connectivity index (χ3v) is 4.86. The van der Waals surface area contributed by atoms with E-state index in [-0.39, 0.29) is 24.0 Å². The van der Waals surface area contributed by atoms with Gasteiger partial charge < -0.3 is 16.0 Å². The molecule has 0 aromatic carbocycles. The molecule has 2 aliphatic rings. The zero-order valence-corrected chi connectivity index (χ0v) is 17.1. The number of hydrogen-bond donors (Lipinski definition) is 2. The number of guanidine groups is 1. The number of aliphatic imine (C=N–C) groups is 1. The molecule has 2 fully saturated rings. The molecule has 3 N–H and O–H groups in total. The van der Waals surface area contributed by atoms with E-state index in [1.165, 1.54) is 32.1 Å². The van der Waals surface area contributed by atoms with Gasteiger partial charge in [0.15, 0.2) is 5.96 Å². The van der Waals surface area contributed by atoms with E-state index in [9.17, 15) is 0 Å². The lowest BCUT2D eigenvalue weighted by molar-refractivity contribution is 0.263. The number of nitrogens with one attached hydrogen (secondary N) is 1. The lowest BCUT2D eigenvalue weighted by atomic mass is 9.96. The average Bonchev–Trinajstić information content (AvgIpc) is 2.64. The van der Waals surface area contributed by atoms with Crippen molar-refractivity contribution in [3.8, 4) is 0 Å². The fraction of sp³-hybridized carbons (Fsp3) is 0.706. The number of piperazine rings is 1. The van der Waals surface area contributed by atoms with E-state index < -0.39 is 0 Å². The minimum atomic E-state index is 0. The molecule has 3 rings (SSSR count). The van der Waals surface area contributed by atoms with Gasteiger partial charge >= 0.3 is 0 Å². The zero-order chi connectivity index (χ0) is 16.6. The molecule has 8 heteroatoms. The van der Waals surface area contributed by atoms with Gasteiger partial charge in [0.25, 0.3) is 0 Å². The molecule has 1 aliphatic heterocycles. The molecule has 7 nitrogen and oxygen atoms in total. The topological polar surface area (TPSA) is 82.7 Å². The average molecular weight is 459 g/mol. The van der Waals surface area contributed by atoms with Gasteiger partial charge in [-0.05, 0) is 18.9 Å². The van der Waals surface area contributed by atoms with Gasteiger partial charge in [0.1, 0.15) is 0 Å². The van der Waals surface area contributed by atoms with Crippen molar-refractivity contribution in [2.75, 3.05) is 44.2 Å². The normalized spacial score (nSPS) is 20.2. The van der Waals surface area contributed by atoms with E-state index in [2.05, 4.69) is 30.1 Å². The van der Waals surface area contributed by atoms with Crippen LogP contribution in [0.3, 0.4) is 0 Å². The molecule has 0 unspecified atom stereocenters.